The average molecular weight is 603 g/mol. The molecule has 1 saturated carbocycles. The number of benzene rings is 1. The van der Waals surface area contributed by atoms with E-state index < -0.39 is 21.7 Å². The zero-order valence-corrected chi connectivity index (χ0v) is 25.8. The van der Waals surface area contributed by atoms with Crippen molar-refractivity contribution < 1.29 is 13.2 Å². The zero-order chi connectivity index (χ0) is 29.4. The Morgan fingerprint density at radius 2 is 1.51 bits per heavy atom. The van der Waals surface area contributed by atoms with E-state index in [2.05, 4.69) is 58.2 Å². The lowest BCUT2D eigenvalue weighted by Gasteiger charge is -2.51. The molecule has 1 aliphatic heterocycles. The Bertz CT molecular complexity index is 1620. The molecule has 1 amide bonds. The average Bonchev–Trinajstić information content (AvgIpc) is 3.16. The van der Waals surface area contributed by atoms with Crippen LogP contribution in [0.15, 0.2) is 35.3 Å². The highest BCUT2D eigenvalue weighted by Gasteiger charge is 2.46. The number of halogens is 1. The van der Waals surface area contributed by atoms with Crippen molar-refractivity contribution in [2.75, 3.05) is 4.72 Å². The first kappa shape index (κ1) is 31.2. The minimum atomic E-state index is -4.13. The first-order chi connectivity index (χ1) is 18.5. The number of carbonyl (C=O) groups is 1. The van der Waals surface area contributed by atoms with Gasteiger partial charge in [-0.25, -0.2) is 4.72 Å². The van der Waals surface area contributed by atoms with Crippen LogP contribution in [0.3, 0.4) is 0 Å². The molecule has 0 saturated heterocycles. The lowest BCUT2D eigenvalue weighted by atomic mass is 9.54. The molecule has 5 rings (SSSR count). The number of amides is 1. The zero-order valence-electron chi connectivity index (χ0n) is 24.2. The Balaban J connectivity index is 0.00000387. The van der Waals surface area contributed by atoms with E-state index in [-0.39, 0.29) is 29.6 Å². The minimum Gasteiger partial charge on any atom is -0.326 e. The van der Waals surface area contributed by atoms with Crippen LogP contribution in [0.25, 0.3) is 16.8 Å². The van der Waals surface area contributed by atoms with E-state index in [4.69, 9.17) is 11.6 Å². The molecular weight excluding hydrogens is 560 g/mol. The predicted octanol–water partition coefficient (Wildman–Crippen LogP) is 6.90. The summed E-state index contributed by atoms with van der Waals surface area (Å²) in [6.07, 6.45) is 4.69. The van der Waals surface area contributed by atoms with Crippen molar-refractivity contribution in [3.8, 4) is 11.1 Å². The molecule has 2 aliphatic rings. The lowest BCUT2D eigenvalue weighted by Crippen LogP contribution is -2.45. The van der Waals surface area contributed by atoms with E-state index in [1.54, 1.807) is 6.20 Å². The van der Waals surface area contributed by atoms with Gasteiger partial charge in [0.2, 0.25) is 0 Å². The number of H-pyrrole nitrogens is 1. The van der Waals surface area contributed by atoms with Crippen molar-refractivity contribution in [2.24, 2.45) is 34.5 Å². The summed E-state index contributed by atoms with van der Waals surface area (Å²) < 4.78 is 30.2. The molecule has 10 heteroatoms. The molecule has 1 aliphatic carbocycles. The number of hydrogen-bond acceptors (Lipinski definition) is 4. The van der Waals surface area contributed by atoms with Crippen LogP contribution in [0.2, 0.25) is 5.02 Å². The second-order valence-corrected chi connectivity index (χ2v) is 15.7. The minimum absolute atomic E-state index is 0. The molecule has 0 bridgehead atoms. The van der Waals surface area contributed by atoms with Gasteiger partial charge in [-0.1, -0.05) is 79.6 Å². The summed E-state index contributed by atoms with van der Waals surface area (Å²) in [4.78, 5) is 29.4. The number of fused-ring (bicyclic) bond motifs is 2. The number of aromatic nitrogens is 2. The standard InChI is InChI=1S/C30H39ClN4O4S.CH4/c1-16-12-22(29(2,3)4)20(23(13-16)30(5,6)7)14-19-21(17-8-10-18(31)11-9-17)15-35-26(19)32-25-24(28(35)37)27(36)34-40(38,39)33-25;/h8-11,15-16,20,22-23,32-33H,12-14H2,1-7H3,(H,34,36);1H4. The summed E-state index contributed by atoms with van der Waals surface area (Å²) >= 11 is 6.21. The fourth-order valence-corrected chi connectivity index (χ4v) is 8.00. The van der Waals surface area contributed by atoms with Crippen molar-refractivity contribution >= 4 is 39.2 Å². The summed E-state index contributed by atoms with van der Waals surface area (Å²) in [7, 11) is -4.13. The van der Waals surface area contributed by atoms with Gasteiger partial charge in [0.15, 0.2) is 0 Å². The maximum Gasteiger partial charge on any atom is 0.325 e. The Labute approximate surface area is 248 Å². The molecule has 2 atom stereocenters. The van der Waals surface area contributed by atoms with Crippen LogP contribution in [0.1, 0.15) is 84.7 Å². The van der Waals surface area contributed by atoms with Gasteiger partial charge < -0.3 is 4.98 Å². The number of nitrogens with one attached hydrogen (secondary N) is 3. The highest BCUT2D eigenvalue weighted by Crippen LogP contribution is 2.53. The molecule has 3 N–H and O–H groups in total. The van der Waals surface area contributed by atoms with Crippen molar-refractivity contribution in [2.45, 2.75) is 75.2 Å². The Hall–Kier alpha value is -2.78. The van der Waals surface area contributed by atoms with E-state index in [0.29, 0.717) is 40.8 Å². The third-order valence-electron chi connectivity index (χ3n) is 8.89. The van der Waals surface area contributed by atoms with Gasteiger partial charge in [-0.15, -0.1) is 0 Å². The van der Waals surface area contributed by atoms with Crippen LogP contribution in [0, 0.1) is 34.5 Å². The Morgan fingerprint density at radius 3 is 2.05 bits per heavy atom. The van der Waals surface area contributed by atoms with Crippen LogP contribution in [0.5, 0.6) is 0 Å². The normalized spacial score (nSPS) is 24.2. The van der Waals surface area contributed by atoms with Gasteiger partial charge in [-0.05, 0) is 71.5 Å². The molecule has 1 aromatic carbocycles. The van der Waals surface area contributed by atoms with Gasteiger partial charge >= 0.3 is 10.2 Å². The summed E-state index contributed by atoms with van der Waals surface area (Å²) in [6, 6.07) is 7.48. The molecule has 1 fully saturated rings. The van der Waals surface area contributed by atoms with E-state index in [0.717, 1.165) is 29.5 Å². The fraction of sp³-hybridized carbons (Fsp3) is 0.548. The number of anilines is 1. The molecule has 3 heterocycles. The summed E-state index contributed by atoms with van der Waals surface area (Å²) in [6.45, 7) is 16.2. The largest absolute Gasteiger partial charge is 0.326 e. The lowest BCUT2D eigenvalue weighted by molar-refractivity contribution is -0.0137. The van der Waals surface area contributed by atoms with Crippen molar-refractivity contribution in [1.29, 1.82) is 0 Å². The maximum absolute atomic E-state index is 13.7. The van der Waals surface area contributed by atoms with Gasteiger partial charge in [0, 0.05) is 22.3 Å². The molecule has 0 radical (unpaired) electrons. The second kappa shape index (κ2) is 10.5. The number of hydrogen-bond donors (Lipinski definition) is 3. The number of rotatable bonds is 3. The SMILES string of the molecule is C.CC1CC(C(C)(C)C)C(Cc2c(-c3ccc(Cl)cc3)cn3c(=O)c4c([nH]c23)NS(=O)(=O)NC4=O)C(C(C)(C)C)C1. The van der Waals surface area contributed by atoms with Crippen LogP contribution in [-0.2, 0) is 16.6 Å². The maximum atomic E-state index is 13.7. The van der Waals surface area contributed by atoms with Gasteiger partial charge in [0.25, 0.3) is 11.5 Å². The number of aromatic amines is 1. The smallest absolute Gasteiger partial charge is 0.325 e. The molecule has 8 nitrogen and oxygen atoms in total. The molecular formula is C31H43ClN4O4S. The topological polar surface area (TPSA) is 113 Å². The molecule has 224 valence electrons. The van der Waals surface area contributed by atoms with Gasteiger partial charge in [-0.3, -0.25) is 18.7 Å². The molecule has 3 aromatic rings. The highest BCUT2D eigenvalue weighted by molar-refractivity contribution is 7.91. The van der Waals surface area contributed by atoms with E-state index >= 15 is 0 Å². The summed E-state index contributed by atoms with van der Waals surface area (Å²) in [5.74, 6) is 0.713. The third kappa shape index (κ3) is 5.80. The summed E-state index contributed by atoms with van der Waals surface area (Å²) in [5.41, 5.74) is 2.45. The summed E-state index contributed by atoms with van der Waals surface area (Å²) in [5, 5.41) is 0.605. The number of nitrogens with zero attached hydrogens (tertiary/aromatic N) is 1. The van der Waals surface area contributed by atoms with Gasteiger partial charge in [-0.2, -0.15) is 8.42 Å². The predicted molar refractivity (Wildman–Crippen MR) is 167 cm³/mol. The van der Waals surface area contributed by atoms with Gasteiger partial charge in [0.1, 0.15) is 17.0 Å². The Kier molecular flexibility index (Phi) is 7.97. The van der Waals surface area contributed by atoms with Crippen LogP contribution in [-0.4, -0.2) is 23.7 Å². The third-order valence-corrected chi connectivity index (χ3v) is 10.1. The van der Waals surface area contributed by atoms with E-state index in [1.807, 2.05) is 29.0 Å². The second-order valence-electron chi connectivity index (χ2n) is 13.9. The highest BCUT2D eigenvalue weighted by atomic mass is 35.5. The fourth-order valence-electron chi connectivity index (χ4n) is 7.06. The quantitative estimate of drug-likeness (QED) is 0.303. The monoisotopic (exact) mass is 602 g/mol. The van der Waals surface area contributed by atoms with Gasteiger partial charge in [0.05, 0.1) is 0 Å². The van der Waals surface area contributed by atoms with E-state index in [1.165, 1.54) is 4.40 Å². The molecule has 2 unspecified atom stereocenters. The molecule has 0 spiro atoms. The Morgan fingerprint density at radius 1 is 0.951 bits per heavy atom. The van der Waals surface area contributed by atoms with E-state index in [9.17, 15) is 18.0 Å². The molecule has 2 aromatic heterocycles. The first-order valence-electron chi connectivity index (χ1n) is 13.9. The number of carbonyl (C=O) groups excluding carboxylic acids is 1. The van der Waals surface area contributed by atoms with Crippen molar-refractivity contribution in [3.05, 3.63) is 57.0 Å². The molecule has 41 heavy (non-hydrogen) atoms. The van der Waals surface area contributed by atoms with Crippen molar-refractivity contribution in [1.82, 2.24) is 14.1 Å². The van der Waals surface area contributed by atoms with Crippen LogP contribution >= 0.6 is 11.6 Å². The van der Waals surface area contributed by atoms with Crippen LogP contribution in [0.4, 0.5) is 5.82 Å². The van der Waals surface area contributed by atoms with Crippen molar-refractivity contribution in [3.63, 3.8) is 0 Å². The first-order valence-corrected chi connectivity index (χ1v) is 15.7. The van der Waals surface area contributed by atoms with Crippen LogP contribution < -0.4 is 15.0 Å².